The molecule has 1 radical (unpaired) electrons. The van der Waals surface area contributed by atoms with Gasteiger partial charge in [-0.25, -0.2) is 4.57 Å². The third-order valence-electron chi connectivity index (χ3n) is 0.0899. The minimum Gasteiger partial charge on any atom is -0.301 e. The van der Waals surface area contributed by atoms with Gasteiger partial charge in [-0.1, -0.05) is 4.73 Å². The monoisotopic (exact) mass is 205 g/mol. The second kappa shape index (κ2) is 4.07. The van der Waals surface area contributed by atoms with Gasteiger partial charge in [-0.05, 0) is 4.53 Å². The van der Waals surface area contributed by atoms with Gasteiger partial charge in [-0.15, -0.1) is 0 Å². The molecular weight excluding hydrogens is 203 g/mol. The number of hydrogen-bond acceptors (Lipinski definition) is 2. The van der Waals surface area contributed by atoms with E-state index in [1.165, 1.54) is 0 Å². The summed E-state index contributed by atoms with van der Waals surface area (Å²) in [6.07, 6.45) is 0. The molecule has 0 fully saturated rings. The normalized spacial score (nSPS) is 10.1. The van der Waals surface area contributed by atoms with E-state index in [9.17, 15) is 4.53 Å². The van der Waals surface area contributed by atoms with Gasteiger partial charge < -0.3 is 9.79 Å². The zero-order chi connectivity index (χ0) is 5.21. The van der Waals surface area contributed by atoms with Gasteiger partial charge in [0.25, 0.3) is 0 Å². The van der Waals surface area contributed by atoms with E-state index in [-0.39, 0.29) is 32.7 Å². The Kier molecular flexibility index (Phi) is 6.40. The van der Waals surface area contributed by atoms with Crippen LogP contribution >= 0.6 is 7.82 Å². The molecule has 0 atom stereocenters. The van der Waals surface area contributed by atoms with Crippen LogP contribution in [0.2, 0.25) is 0 Å². The third-order valence-corrected chi connectivity index (χ3v) is 0.270. The van der Waals surface area contributed by atoms with E-state index < -0.39 is 7.82 Å². The van der Waals surface area contributed by atoms with E-state index in [0.29, 0.717) is 0 Å². The number of halogens is 1. The largest absolute Gasteiger partial charge is 0.500 e. The molecule has 2 N–H and O–H groups in total. The summed E-state index contributed by atoms with van der Waals surface area (Å²) in [6.45, 7) is 0. The van der Waals surface area contributed by atoms with Crippen LogP contribution in [0.1, 0.15) is 0 Å². The molecule has 0 aliphatic carbocycles. The quantitative estimate of drug-likeness (QED) is 0.590. The van der Waals surface area contributed by atoms with Crippen LogP contribution in [0.4, 0.5) is 4.53 Å². The van der Waals surface area contributed by atoms with Gasteiger partial charge >= 0.3 is 7.82 Å². The van der Waals surface area contributed by atoms with Crippen molar-refractivity contribution in [2.45, 2.75) is 0 Å². The summed E-state index contributed by atoms with van der Waals surface area (Å²) in [5, 5.41) is 0. The fourth-order valence-electron chi connectivity index (χ4n) is 0. The van der Waals surface area contributed by atoms with Gasteiger partial charge in [0.15, 0.2) is 0 Å². The first kappa shape index (κ1) is 11.0. The first-order chi connectivity index (χ1) is 2.56. The Morgan fingerprint density at radius 2 is 1.71 bits per heavy atom. The first-order valence-electron chi connectivity index (χ1n) is 0.919. The maximum atomic E-state index is 10.2. The Morgan fingerprint density at radius 1 is 1.57 bits per heavy atom. The molecule has 7 heavy (non-hydrogen) atoms. The molecule has 0 bridgehead atoms. The van der Waals surface area contributed by atoms with E-state index in [0.717, 1.165) is 0 Å². The van der Waals surface area contributed by atoms with Crippen LogP contribution in [-0.4, -0.2) is 9.79 Å². The van der Waals surface area contributed by atoms with Crippen molar-refractivity contribution in [2.24, 2.45) is 0 Å². The molecule has 41 valence electrons. The summed E-state index contributed by atoms with van der Waals surface area (Å²) < 4.78 is 21.4. The van der Waals surface area contributed by atoms with E-state index in [1.54, 1.807) is 0 Å². The van der Waals surface area contributed by atoms with Crippen LogP contribution in [0, 0.1) is 0 Å². The fourth-order valence-corrected chi connectivity index (χ4v) is 0. The van der Waals surface area contributed by atoms with E-state index >= 15 is 0 Å². The van der Waals surface area contributed by atoms with Crippen LogP contribution in [0.5, 0.6) is 0 Å². The topological polar surface area (TPSA) is 66.8 Å². The molecule has 0 saturated carbocycles. The van der Waals surface area contributed by atoms with Crippen molar-refractivity contribution in [2.75, 3.05) is 0 Å². The predicted molar refractivity (Wildman–Crippen MR) is 14.2 cm³/mol. The van der Waals surface area contributed by atoms with E-state index in [4.69, 9.17) is 14.4 Å². The van der Waals surface area contributed by atoms with Crippen molar-refractivity contribution in [3.8, 4) is 0 Å². The molecule has 0 rings (SSSR count). The van der Waals surface area contributed by atoms with Gasteiger partial charge in [0.05, 0.1) is 0 Å². The van der Waals surface area contributed by atoms with Crippen molar-refractivity contribution >= 4 is 7.82 Å². The average molecular weight is 205 g/mol. The standard InChI is InChI=1S/FH2O4P.Y/c1-5-6(2,3)4;/h(H2,2,3,4);. The minimum atomic E-state index is -4.81. The summed E-state index contributed by atoms with van der Waals surface area (Å²) in [4.78, 5) is 14.7. The molecule has 4 nitrogen and oxygen atoms in total. The van der Waals surface area contributed by atoms with Gasteiger partial charge in [-0.2, -0.15) is 0 Å². The number of hydrogen-bond donors (Lipinski definition) is 2. The Hall–Kier alpha value is 1.14. The van der Waals surface area contributed by atoms with Crippen LogP contribution < -0.4 is 0 Å². The van der Waals surface area contributed by atoms with E-state index in [1.807, 2.05) is 0 Å². The SMILES string of the molecule is O=P(O)(O)OF.[Y]. The molecule has 0 aromatic carbocycles. The summed E-state index contributed by atoms with van der Waals surface area (Å²) in [6, 6.07) is 0. The third kappa shape index (κ3) is 11.0. The zero-order valence-electron chi connectivity index (χ0n) is 3.11. The van der Waals surface area contributed by atoms with Crippen LogP contribution in [0.15, 0.2) is 0 Å². The average Bonchev–Trinajstić information content (AvgIpc) is 1.35. The van der Waals surface area contributed by atoms with Gasteiger partial charge in [0.1, 0.15) is 0 Å². The van der Waals surface area contributed by atoms with Crippen LogP contribution in [-0.2, 0) is 42.0 Å². The molecule has 0 aromatic heterocycles. The van der Waals surface area contributed by atoms with E-state index in [2.05, 4.69) is 4.73 Å². The molecular formula is H2FO4PY. The van der Waals surface area contributed by atoms with Crippen molar-refractivity contribution in [3.63, 3.8) is 0 Å². The minimum absolute atomic E-state index is 0. The molecule has 0 spiro atoms. The maximum absolute atomic E-state index is 10.2. The molecule has 0 saturated heterocycles. The smallest absolute Gasteiger partial charge is 0.301 e. The predicted octanol–water partition coefficient (Wildman–Crippen LogP) is -0.0223. The summed E-state index contributed by atoms with van der Waals surface area (Å²) in [7, 11) is -4.81. The molecule has 0 unspecified atom stereocenters. The summed E-state index contributed by atoms with van der Waals surface area (Å²) in [5.74, 6) is 0. The van der Waals surface area contributed by atoms with Crippen molar-refractivity contribution in [1.29, 1.82) is 0 Å². The number of phosphoric acid groups is 1. The van der Waals surface area contributed by atoms with Crippen LogP contribution in [0.3, 0.4) is 0 Å². The Labute approximate surface area is 64.1 Å². The van der Waals surface area contributed by atoms with Gasteiger partial charge in [0.2, 0.25) is 0 Å². The summed E-state index contributed by atoms with van der Waals surface area (Å²) >= 11 is 0. The summed E-state index contributed by atoms with van der Waals surface area (Å²) in [5.41, 5.74) is 0. The zero-order valence-corrected chi connectivity index (χ0v) is 6.85. The molecule has 0 aliphatic heterocycles. The Morgan fingerprint density at radius 3 is 1.71 bits per heavy atom. The molecule has 0 aliphatic rings. The molecule has 7 heteroatoms. The molecule has 0 amide bonds. The Balaban J connectivity index is 0. The van der Waals surface area contributed by atoms with Crippen molar-refractivity contribution in [3.05, 3.63) is 0 Å². The van der Waals surface area contributed by atoms with Gasteiger partial charge in [-0.3, -0.25) is 0 Å². The fraction of sp³-hybridized carbons (Fsp3) is 0. The molecule has 0 heterocycles. The molecule has 0 aromatic rings. The Bertz CT molecular complexity index is 75.8. The first-order valence-corrected chi connectivity index (χ1v) is 2.45. The van der Waals surface area contributed by atoms with Crippen molar-refractivity contribution in [1.82, 2.24) is 0 Å². The number of rotatable bonds is 1. The maximum Gasteiger partial charge on any atom is 0.500 e. The second-order valence-corrected chi connectivity index (χ2v) is 1.68. The van der Waals surface area contributed by atoms with Crippen molar-refractivity contribution < 1.29 is 56.3 Å². The second-order valence-electron chi connectivity index (χ2n) is 0.560. The van der Waals surface area contributed by atoms with Crippen LogP contribution in [0.25, 0.3) is 0 Å². The van der Waals surface area contributed by atoms with Gasteiger partial charge in [0, 0.05) is 32.7 Å².